The number of nitrogens with zero attached hydrogens (tertiary/aromatic N) is 3. The van der Waals surface area contributed by atoms with Gasteiger partial charge in [0.15, 0.2) is 0 Å². The molecule has 2 aromatic rings. The predicted octanol–water partition coefficient (Wildman–Crippen LogP) is 3.43. The molecular formula is C18H24N4OS. The average Bonchev–Trinajstić information content (AvgIpc) is 3.04. The van der Waals surface area contributed by atoms with Gasteiger partial charge in [0.05, 0.1) is 0 Å². The summed E-state index contributed by atoms with van der Waals surface area (Å²) >= 11 is 1.68. The zero-order chi connectivity index (χ0) is 16.9. The lowest BCUT2D eigenvalue weighted by molar-refractivity contribution is 0.177. The molecule has 0 aliphatic carbocycles. The number of amides is 2. The van der Waals surface area contributed by atoms with Gasteiger partial charge in [-0.2, -0.15) is 0 Å². The summed E-state index contributed by atoms with van der Waals surface area (Å²) in [6, 6.07) is 10.5. The van der Waals surface area contributed by atoms with Crippen molar-refractivity contribution in [2.45, 2.75) is 45.1 Å². The van der Waals surface area contributed by atoms with Crippen LogP contribution < -0.4 is 5.32 Å². The summed E-state index contributed by atoms with van der Waals surface area (Å²) in [5, 5.41) is 13.8. The summed E-state index contributed by atoms with van der Waals surface area (Å²) in [5.41, 5.74) is 1.25. The van der Waals surface area contributed by atoms with Crippen LogP contribution in [0.2, 0.25) is 0 Å². The second kappa shape index (κ2) is 7.75. The van der Waals surface area contributed by atoms with E-state index in [1.54, 1.807) is 11.3 Å². The largest absolute Gasteiger partial charge is 0.336 e. The smallest absolute Gasteiger partial charge is 0.317 e. The number of carbonyl (C=O) groups is 1. The molecule has 1 aliphatic rings. The number of aromatic nitrogens is 2. The summed E-state index contributed by atoms with van der Waals surface area (Å²) in [6.07, 6.45) is 2.91. The van der Waals surface area contributed by atoms with Crippen LogP contribution in [-0.4, -0.2) is 40.3 Å². The molecule has 1 aliphatic heterocycles. The molecule has 2 heterocycles. The van der Waals surface area contributed by atoms with E-state index in [-0.39, 0.29) is 12.1 Å². The Bertz CT molecular complexity index is 671. The lowest BCUT2D eigenvalue weighted by Crippen LogP contribution is -2.46. The SMILES string of the molecule is CC(C)NC(=O)N1CCCC(c2nnc(Cc3ccccc3)s2)C1. The zero-order valence-corrected chi connectivity index (χ0v) is 15.1. The van der Waals surface area contributed by atoms with Gasteiger partial charge in [0, 0.05) is 31.5 Å². The maximum atomic E-state index is 12.2. The standard InChI is InChI=1S/C18H24N4OS/c1-13(2)19-18(23)22-10-6-9-15(12-22)17-21-20-16(24-17)11-14-7-4-3-5-8-14/h3-5,7-8,13,15H,6,9-12H2,1-2H3,(H,19,23). The van der Waals surface area contributed by atoms with Crippen LogP contribution in [0.15, 0.2) is 30.3 Å². The van der Waals surface area contributed by atoms with E-state index in [4.69, 9.17) is 0 Å². The molecule has 1 N–H and O–H groups in total. The molecule has 3 rings (SSSR count). The third kappa shape index (κ3) is 4.32. The van der Waals surface area contributed by atoms with Crippen LogP contribution in [0.5, 0.6) is 0 Å². The van der Waals surface area contributed by atoms with Crippen molar-refractivity contribution in [3.63, 3.8) is 0 Å². The Balaban J connectivity index is 1.63. The molecular weight excluding hydrogens is 320 g/mol. The molecule has 1 saturated heterocycles. The number of urea groups is 1. The van der Waals surface area contributed by atoms with Gasteiger partial charge in [-0.3, -0.25) is 0 Å². The Morgan fingerprint density at radius 2 is 2.12 bits per heavy atom. The third-order valence-electron chi connectivity index (χ3n) is 4.15. The Hall–Kier alpha value is -1.95. The molecule has 0 bridgehead atoms. The van der Waals surface area contributed by atoms with Crippen molar-refractivity contribution in [1.82, 2.24) is 20.4 Å². The van der Waals surface area contributed by atoms with Gasteiger partial charge in [0.25, 0.3) is 0 Å². The first kappa shape index (κ1) is 16.9. The van der Waals surface area contributed by atoms with E-state index in [0.717, 1.165) is 42.4 Å². The summed E-state index contributed by atoms with van der Waals surface area (Å²) < 4.78 is 0. The van der Waals surface area contributed by atoms with Crippen molar-refractivity contribution < 1.29 is 4.79 Å². The first-order valence-electron chi connectivity index (χ1n) is 8.53. The molecule has 0 spiro atoms. The lowest BCUT2D eigenvalue weighted by atomic mass is 9.99. The van der Waals surface area contributed by atoms with Gasteiger partial charge < -0.3 is 10.2 Å². The quantitative estimate of drug-likeness (QED) is 0.924. The topological polar surface area (TPSA) is 58.1 Å². The van der Waals surface area contributed by atoms with Crippen molar-refractivity contribution in [2.75, 3.05) is 13.1 Å². The van der Waals surface area contributed by atoms with Crippen molar-refractivity contribution in [3.05, 3.63) is 45.9 Å². The van der Waals surface area contributed by atoms with Crippen LogP contribution in [0.1, 0.15) is 48.2 Å². The van der Waals surface area contributed by atoms with E-state index in [0.29, 0.717) is 5.92 Å². The first-order chi connectivity index (χ1) is 11.6. The van der Waals surface area contributed by atoms with Gasteiger partial charge in [-0.25, -0.2) is 4.79 Å². The maximum Gasteiger partial charge on any atom is 0.317 e. The van der Waals surface area contributed by atoms with E-state index in [2.05, 4.69) is 27.6 Å². The van der Waals surface area contributed by atoms with Gasteiger partial charge in [-0.05, 0) is 32.3 Å². The number of hydrogen-bond acceptors (Lipinski definition) is 4. The Morgan fingerprint density at radius 3 is 2.88 bits per heavy atom. The predicted molar refractivity (Wildman–Crippen MR) is 96.4 cm³/mol. The van der Waals surface area contributed by atoms with Crippen LogP contribution in [0.4, 0.5) is 4.79 Å². The highest BCUT2D eigenvalue weighted by atomic mass is 32.1. The van der Waals surface area contributed by atoms with Crippen LogP contribution in [0.3, 0.4) is 0 Å². The maximum absolute atomic E-state index is 12.2. The van der Waals surface area contributed by atoms with Crippen LogP contribution in [-0.2, 0) is 6.42 Å². The van der Waals surface area contributed by atoms with E-state index < -0.39 is 0 Å². The number of nitrogens with one attached hydrogen (secondary N) is 1. The van der Waals surface area contributed by atoms with Crippen LogP contribution in [0.25, 0.3) is 0 Å². The summed E-state index contributed by atoms with van der Waals surface area (Å²) in [7, 11) is 0. The lowest BCUT2D eigenvalue weighted by Gasteiger charge is -2.32. The fourth-order valence-corrected chi connectivity index (χ4v) is 3.98. The second-order valence-corrected chi connectivity index (χ2v) is 7.68. The van der Waals surface area contributed by atoms with Crippen molar-refractivity contribution in [2.24, 2.45) is 0 Å². The van der Waals surface area contributed by atoms with Gasteiger partial charge >= 0.3 is 6.03 Å². The van der Waals surface area contributed by atoms with E-state index in [1.807, 2.05) is 36.9 Å². The van der Waals surface area contributed by atoms with Gasteiger partial charge in [0.1, 0.15) is 10.0 Å². The highest BCUT2D eigenvalue weighted by Gasteiger charge is 2.27. The molecule has 0 radical (unpaired) electrons. The van der Waals surface area contributed by atoms with Gasteiger partial charge in [0.2, 0.25) is 0 Å². The molecule has 1 fully saturated rings. The third-order valence-corrected chi connectivity index (χ3v) is 5.24. The Labute approximate surface area is 147 Å². The zero-order valence-electron chi connectivity index (χ0n) is 14.2. The van der Waals surface area contributed by atoms with Crippen molar-refractivity contribution >= 4 is 17.4 Å². The number of piperidine rings is 1. The number of hydrogen-bond donors (Lipinski definition) is 1. The second-order valence-electron chi connectivity index (χ2n) is 6.59. The highest BCUT2D eigenvalue weighted by Crippen LogP contribution is 2.29. The molecule has 1 aromatic carbocycles. The van der Waals surface area contributed by atoms with Crippen molar-refractivity contribution in [3.8, 4) is 0 Å². The molecule has 2 amide bonds. The van der Waals surface area contributed by atoms with Crippen LogP contribution >= 0.6 is 11.3 Å². The molecule has 1 unspecified atom stereocenters. The summed E-state index contributed by atoms with van der Waals surface area (Å²) in [5.74, 6) is 0.304. The molecule has 24 heavy (non-hydrogen) atoms. The average molecular weight is 344 g/mol. The minimum atomic E-state index is 0.0312. The summed E-state index contributed by atoms with van der Waals surface area (Å²) in [4.78, 5) is 14.1. The van der Waals surface area contributed by atoms with E-state index in [9.17, 15) is 4.79 Å². The first-order valence-corrected chi connectivity index (χ1v) is 9.35. The van der Waals surface area contributed by atoms with Gasteiger partial charge in [-0.1, -0.05) is 30.3 Å². The minimum Gasteiger partial charge on any atom is -0.336 e. The highest BCUT2D eigenvalue weighted by molar-refractivity contribution is 7.11. The number of rotatable bonds is 4. The summed E-state index contributed by atoms with van der Waals surface area (Å²) in [6.45, 7) is 5.53. The number of benzene rings is 1. The monoisotopic (exact) mass is 344 g/mol. The Kier molecular flexibility index (Phi) is 5.45. The normalized spacial score (nSPS) is 18.0. The fourth-order valence-electron chi connectivity index (χ4n) is 2.97. The van der Waals surface area contributed by atoms with Gasteiger partial charge in [-0.15, -0.1) is 21.5 Å². The minimum absolute atomic E-state index is 0.0312. The van der Waals surface area contributed by atoms with E-state index >= 15 is 0 Å². The fraction of sp³-hybridized carbons (Fsp3) is 0.500. The molecule has 6 heteroatoms. The molecule has 128 valence electrons. The number of likely N-dealkylation sites (tertiary alicyclic amines) is 1. The number of carbonyl (C=O) groups excluding carboxylic acids is 1. The Morgan fingerprint density at radius 1 is 1.33 bits per heavy atom. The van der Waals surface area contributed by atoms with Crippen molar-refractivity contribution in [1.29, 1.82) is 0 Å². The molecule has 0 saturated carbocycles. The molecule has 1 atom stereocenters. The molecule has 5 nitrogen and oxygen atoms in total. The van der Waals surface area contributed by atoms with Crippen LogP contribution in [0, 0.1) is 0 Å². The van der Waals surface area contributed by atoms with E-state index in [1.165, 1.54) is 5.56 Å². The molecule has 1 aromatic heterocycles.